The predicted molar refractivity (Wildman–Crippen MR) is 103 cm³/mol. The quantitative estimate of drug-likeness (QED) is 0.671. The number of ether oxygens (including phenoxy) is 1. The maximum absolute atomic E-state index is 12.6. The van der Waals surface area contributed by atoms with Crippen molar-refractivity contribution in [3.63, 3.8) is 0 Å². The Kier molecular flexibility index (Phi) is 5.45. The lowest BCUT2D eigenvalue weighted by molar-refractivity contribution is 0.287. The molecule has 1 atom stereocenters. The molecular formula is C18H20N2O4S2. The van der Waals surface area contributed by atoms with Crippen molar-refractivity contribution < 1.29 is 13.2 Å². The number of aryl methyl sites for hydroxylation is 1. The van der Waals surface area contributed by atoms with Gasteiger partial charge in [0.1, 0.15) is 12.4 Å². The van der Waals surface area contributed by atoms with E-state index in [0.717, 1.165) is 16.9 Å². The number of aromatic nitrogens is 1. The van der Waals surface area contributed by atoms with Crippen LogP contribution < -0.4 is 14.3 Å². The fourth-order valence-corrected chi connectivity index (χ4v) is 4.94. The molecule has 26 heavy (non-hydrogen) atoms. The average molecular weight is 393 g/mol. The van der Waals surface area contributed by atoms with Crippen LogP contribution in [0, 0.1) is 0 Å². The van der Waals surface area contributed by atoms with Gasteiger partial charge in [0.15, 0.2) is 0 Å². The van der Waals surface area contributed by atoms with E-state index in [0.29, 0.717) is 17.0 Å². The third-order valence-electron chi connectivity index (χ3n) is 3.87. The number of rotatable bonds is 7. The van der Waals surface area contributed by atoms with Gasteiger partial charge in [-0.25, -0.2) is 13.1 Å². The molecule has 3 rings (SSSR count). The highest BCUT2D eigenvalue weighted by atomic mass is 32.2. The molecule has 6 nitrogen and oxygen atoms in total. The van der Waals surface area contributed by atoms with Gasteiger partial charge < -0.3 is 4.74 Å². The molecule has 1 aromatic heterocycles. The number of hydrogen-bond acceptors (Lipinski definition) is 5. The fraction of sp³-hybridized carbons (Fsp3) is 0.278. The van der Waals surface area contributed by atoms with E-state index in [1.165, 1.54) is 6.07 Å². The van der Waals surface area contributed by atoms with Crippen molar-refractivity contribution in [2.45, 2.75) is 31.3 Å². The van der Waals surface area contributed by atoms with E-state index in [1.807, 2.05) is 37.3 Å². The van der Waals surface area contributed by atoms with E-state index in [1.54, 1.807) is 23.6 Å². The number of hydrogen-bond donors (Lipinski definition) is 1. The van der Waals surface area contributed by atoms with E-state index < -0.39 is 16.1 Å². The first-order valence-electron chi connectivity index (χ1n) is 8.24. The number of nitrogens with zero attached hydrogens (tertiary/aromatic N) is 1. The van der Waals surface area contributed by atoms with Gasteiger partial charge in [0.25, 0.3) is 0 Å². The molecule has 138 valence electrons. The first-order valence-corrected chi connectivity index (χ1v) is 10.5. The first-order chi connectivity index (χ1) is 12.4. The monoisotopic (exact) mass is 392 g/mol. The second kappa shape index (κ2) is 7.61. The van der Waals surface area contributed by atoms with Crippen molar-refractivity contribution in [1.82, 2.24) is 9.29 Å². The van der Waals surface area contributed by atoms with E-state index in [2.05, 4.69) is 4.72 Å². The Balaban J connectivity index is 1.75. The van der Waals surface area contributed by atoms with Crippen LogP contribution in [0.15, 0.2) is 58.2 Å². The summed E-state index contributed by atoms with van der Waals surface area (Å²) in [5.74, 6) is 0.686. The average Bonchev–Trinajstić information content (AvgIpc) is 2.94. The summed E-state index contributed by atoms with van der Waals surface area (Å²) in [6, 6.07) is 13.6. The summed E-state index contributed by atoms with van der Waals surface area (Å²) in [4.78, 5) is 12.0. The smallest absolute Gasteiger partial charge is 0.308 e. The van der Waals surface area contributed by atoms with Gasteiger partial charge in [-0.1, -0.05) is 29.5 Å². The molecule has 0 spiro atoms. The van der Waals surface area contributed by atoms with Crippen molar-refractivity contribution in [3.05, 3.63) is 58.2 Å². The second-order valence-corrected chi connectivity index (χ2v) is 8.60. The van der Waals surface area contributed by atoms with Crippen LogP contribution in [0.25, 0.3) is 10.2 Å². The van der Waals surface area contributed by atoms with Crippen molar-refractivity contribution in [3.8, 4) is 5.75 Å². The zero-order valence-electron chi connectivity index (χ0n) is 14.5. The van der Waals surface area contributed by atoms with E-state index >= 15 is 0 Å². The highest BCUT2D eigenvalue weighted by molar-refractivity contribution is 7.89. The second-order valence-electron chi connectivity index (χ2n) is 5.89. The van der Waals surface area contributed by atoms with Crippen molar-refractivity contribution in [1.29, 1.82) is 0 Å². The van der Waals surface area contributed by atoms with Gasteiger partial charge in [-0.15, -0.1) is 0 Å². The first kappa shape index (κ1) is 18.6. The lowest BCUT2D eigenvalue weighted by Crippen LogP contribution is -2.36. The molecule has 0 aliphatic rings. The maximum Gasteiger partial charge on any atom is 0.308 e. The Morgan fingerprint density at radius 2 is 1.92 bits per heavy atom. The molecule has 3 aromatic rings. The summed E-state index contributed by atoms with van der Waals surface area (Å²) in [6.45, 7) is 4.39. The number of nitrogens with one attached hydrogen (secondary N) is 1. The molecule has 0 fully saturated rings. The minimum absolute atomic E-state index is 0.0883. The number of para-hydroxylation sites is 1. The summed E-state index contributed by atoms with van der Waals surface area (Å²) >= 11 is 1.05. The lowest BCUT2D eigenvalue weighted by atomic mass is 10.3. The molecule has 0 aliphatic carbocycles. The molecule has 0 saturated carbocycles. The third kappa shape index (κ3) is 3.98. The number of fused-ring (bicyclic) bond motifs is 1. The van der Waals surface area contributed by atoms with Gasteiger partial charge in [-0.3, -0.25) is 9.36 Å². The SMILES string of the molecule is CCn1c(=O)sc2cc(S(=O)(=O)N[C@H](C)COc3ccccc3)ccc21. The molecule has 1 N–H and O–H groups in total. The Morgan fingerprint density at radius 1 is 1.19 bits per heavy atom. The molecular weight excluding hydrogens is 372 g/mol. The molecule has 0 amide bonds. The predicted octanol–water partition coefficient (Wildman–Crippen LogP) is 2.83. The van der Waals surface area contributed by atoms with E-state index in [-0.39, 0.29) is 16.4 Å². The Bertz CT molecular complexity index is 1060. The van der Waals surface area contributed by atoms with Gasteiger partial charge in [0.05, 0.1) is 21.2 Å². The summed E-state index contributed by atoms with van der Waals surface area (Å²) in [6.07, 6.45) is 0. The Morgan fingerprint density at radius 3 is 2.62 bits per heavy atom. The molecule has 0 unspecified atom stereocenters. The highest BCUT2D eigenvalue weighted by Gasteiger charge is 2.19. The van der Waals surface area contributed by atoms with Crippen LogP contribution in [0.4, 0.5) is 0 Å². The van der Waals surface area contributed by atoms with Gasteiger partial charge in [-0.2, -0.15) is 0 Å². The number of thiazole rings is 1. The van der Waals surface area contributed by atoms with E-state index in [9.17, 15) is 13.2 Å². The molecule has 1 heterocycles. The van der Waals surface area contributed by atoms with Gasteiger partial charge in [-0.05, 0) is 44.2 Å². The third-order valence-corrected chi connectivity index (χ3v) is 6.39. The van der Waals surface area contributed by atoms with Crippen LogP contribution in [-0.2, 0) is 16.6 Å². The minimum Gasteiger partial charge on any atom is -0.492 e. The summed E-state index contributed by atoms with van der Waals surface area (Å²) < 4.78 is 35.7. The van der Waals surface area contributed by atoms with Gasteiger partial charge in [0.2, 0.25) is 10.0 Å². The Hall–Kier alpha value is -2.16. The number of sulfonamides is 1. The van der Waals surface area contributed by atoms with Gasteiger partial charge >= 0.3 is 4.87 Å². The fourth-order valence-electron chi connectivity index (χ4n) is 2.62. The largest absolute Gasteiger partial charge is 0.492 e. The molecule has 0 radical (unpaired) electrons. The van der Waals surface area contributed by atoms with Gasteiger partial charge in [0, 0.05) is 6.54 Å². The summed E-state index contributed by atoms with van der Waals surface area (Å²) in [7, 11) is -3.70. The van der Waals surface area contributed by atoms with Crippen molar-refractivity contribution >= 4 is 31.6 Å². The maximum atomic E-state index is 12.6. The molecule has 0 saturated heterocycles. The molecule has 0 bridgehead atoms. The lowest BCUT2D eigenvalue weighted by Gasteiger charge is -2.15. The van der Waals surface area contributed by atoms with Crippen molar-refractivity contribution in [2.24, 2.45) is 0 Å². The number of benzene rings is 2. The zero-order chi connectivity index (χ0) is 18.7. The van der Waals surface area contributed by atoms with Crippen molar-refractivity contribution in [2.75, 3.05) is 6.61 Å². The summed E-state index contributed by atoms with van der Waals surface area (Å²) in [5, 5.41) is 0. The van der Waals surface area contributed by atoms with E-state index in [4.69, 9.17) is 4.74 Å². The molecule has 0 aliphatic heterocycles. The highest BCUT2D eigenvalue weighted by Crippen LogP contribution is 2.22. The van der Waals surface area contributed by atoms with Crippen LogP contribution in [0.2, 0.25) is 0 Å². The van der Waals surface area contributed by atoms with Crippen LogP contribution in [0.3, 0.4) is 0 Å². The van der Waals surface area contributed by atoms with Crippen LogP contribution in [0.1, 0.15) is 13.8 Å². The van der Waals surface area contributed by atoms with Crippen LogP contribution in [0.5, 0.6) is 5.75 Å². The standard InChI is InChI=1S/C18H20N2O4S2/c1-3-20-16-10-9-15(11-17(16)25-18(20)21)26(22,23)19-13(2)12-24-14-7-5-4-6-8-14/h4-11,13,19H,3,12H2,1-2H3/t13-/m1/s1. The molecule has 8 heteroatoms. The normalized spacial score (nSPS) is 13.0. The Labute approximate surface area is 156 Å². The minimum atomic E-state index is -3.70. The topological polar surface area (TPSA) is 77.4 Å². The van der Waals surface area contributed by atoms with Crippen LogP contribution >= 0.6 is 11.3 Å². The van der Waals surface area contributed by atoms with Crippen LogP contribution in [-0.4, -0.2) is 25.6 Å². The molecule has 2 aromatic carbocycles. The summed E-state index contributed by atoms with van der Waals surface area (Å²) in [5.41, 5.74) is 0.752. The zero-order valence-corrected chi connectivity index (χ0v) is 16.1.